The number of ether oxygens (including phenoxy) is 2. The van der Waals surface area contributed by atoms with E-state index in [4.69, 9.17) is 9.47 Å². The predicted molar refractivity (Wildman–Crippen MR) is 129 cm³/mol. The second-order valence-corrected chi connectivity index (χ2v) is 6.90. The third-order valence-electron chi connectivity index (χ3n) is 3.52. The molecular weight excluding hydrogens is 489 g/mol. The first-order valence-corrected chi connectivity index (χ1v) is 9.89. The molecule has 1 aromatic carbocycles. The minimum atomic E-state index is 0. The number of nitrogens with zero attached hydrogens (tertiary/aromatic N) is 3. The van der Waals surface area contributed by atoms with Gasteiger partial charge in [-0.05, 0) is 19.1 Å². The summed E-state index contributed by atoms with van der Waals surface area (Å²) < 4.78 is 10.8. The lowest BCUT2D eigenvalue weighted by Crippen LogP contribution is -2.30. The normalized spacial score (nSPS) is 10.9. The molecule has 0 aliphatic rings. The quantitative estimate of drug-likeness (QED) is 0.215. The molecule has 0 radical (unpaired) electrons. The molecule has 0 fully saturated rings. The number of nitrogens with one attached hydrogen (secondary N) is 2. The molecule has 0 aliphatic carbocycles. The topological polar surface area (TPSA) is 71.0 Å². The summed E-state index contributed by atoms with van der Waals surface area (Å²) in [7, 11) is 5.67. The van der Waals surface area contributed by atoms with Crippen molar-refractivity contribution >= 4 is 52.1 Å². The van der Waals surface area contributed by atoms with E-state index in [0.717, 1.165) is 35.2 Å². The van der Waals surface area contributed by atoms with E-state index in [0.29, 0.717) is 25.7 Å². The van der Waals surface area contributed by atoms with Gasteiger partial charge < -0.3 is 25.0 Å². The molecule has 28 heavy (non-hydrogen) atoms. The van der Waals surface area contributed by atoms with E-state index < -0.39 is 0 Å². The van der Waals surface area contributed by atoms with E-state index in [-0.39, 0.29) is 24.0 Å². The van der Waals surface area contributed by atoms with Gasteiger partial charge in [-0.3, -0.25) is 0 Å². The van der Waals surface area contributed by atoms with Crippen molar-refractivity contribution in [2.24, 2.45) is 4.99 Å². The zero-order chi connectivity index (χ0) is 19.5. The molecule has 0 saturated heterocycles. The van der Waals surface area contributed by atoms with Gasteiger partial charge in [0.15, 0.2) is 11.1 Å². The maximum Gasteiger partial charge on any atom is 0.196 e. The summed E-state index contributed by atoms with van der Waals surface area (Å²) in [5, 5.41) is 9.60. The molecule has 9 heteroatoms. The Bertz CT molecular complexity index is 724. The number of halogens is 1. The molecule has 0 unspecified atom stereocenters. The third kappa shape index (κ3) is 8.61. The highest BCUT2D eigenvalue weighted by Crippen LogP contribution is 2.19. The number of methoxy groups -OCH3 is 1. The van der Waals surface area contributed by atoms with Gasteiger partial charge in [-0.2, -0.15) is 0 Å². The lowest BCUT2D eigenvalue weighted by atomic mass is 10.3. The minimum absolute atomic E-state index is 0. The van der Waals surface area contributed by atoms with Gasteiger partial charge in [0.05, 0.1) is 18.8 Å². The van der Waals surface area contributed by atoms with Crippen molar-refractivity contribution in [3.05, 3.63) is 35.3 Å². The summed E-state index contributed by atoms with van der Waals surface area (Å²) in [5.74, 6) is 1.54. The van der Waals surface area contributed by atoms with Crippen molar-refractivity contribution < 1.29 is 9.47 Å². The Labute approximate surface area is 188 Å². The number of aromatic nitrogens is 1. The molecule has 2 rings (SSSR count). The lowest BCUT2D eigenvalue weighted by molar-refractivity contribution is 0.172. The fourth-order valence-corrected chi connectivity index (χ4v) is 2.98. The van der Waals surface area contributed by atoms with Crippen LogP contribution in [0.25, 0.3) is 0 Å². The number of aliphatic imine (C=N–C) groups is 1. The highest BCUT2D eigenvalue weighted by Gasteiger charge is 2.05. The number of hydrogen-bond donors (Lipinski definition) is 2. The van der Waals surface area contributed by atoms with Crippen molar-refractivity contribution in [2.75, 3.05) is 51.2 Å². The molecule has 0 atom stereocenters. The minimum Gasteiger partial charge on any atom is -0.493 e. The molecule has 7 nitrogen and oxygen atoms in total. The molecule has 0 bridgehead atoms. The number of benzene rings is 1. The van der Waals surface area contributed by atoms with Crippen LogP contribution in [-0.2, 0) is 11.3 Å². The number of hydrogen-bond acceptors (Lipinski definition) is 6. The Balaban J connectivity index is 0.00000392. The summed E-state index contributed by atoms with van der Waals surface area (Å²) >= 11 is 1.62. The zero-order valence-electron chi connectivity index (χ0n) is 16.9. The van der Waals surface area contributed by atoms with Crippen LogP contribution >= 0.6 is 35.3 Å². The molecule has 1 heterocycles. The van der Waals surface area contributed by atoms with Crippen LogP contribution in [0.15, 0.2) is 34.6 Å². The SMILES string of the molecule is CCNC(=NCc1csc(N(C)C)n1)Nc1cccc(OCCCOC)c1.I. The van der Waals surface area contributed by atoms with Crippen molar-refractivity contribution in [3.8, 4) is 5.75 Å². The summed E-state index contributed by atoms with van der Waals surface area (Å²) in [6.45, 7) is 4.66. The van der Waals surface area contributed by atoms with Crippen molar-refractivity contribution in [1.82, 2.24) is 10.3 Å². The molecule has 0 aliphatic heterocycles. The van der Waals surface area contributed by atoms with Crippen LogP contribution in [0.4, 0.5) is 10.8 Å². The van der Waals surface area contributed by atoms with Crippen LogP contribution in [0, 0.1) is 0 Å². The predicted octanol–water partition coefficient (Wildman–Crippen LogP) is 3.82. The summed E-state index contributed by atoms with van der Waals surface area (Å²) in [6.07, 6.45) is 0.862. The molecule has 0 spiro atoms. The monoisotopic (exact) mass is 519 g/mol. The van der Waals surface area contributed by atoms with E-state index in [1.807, 2.05) is 55.6 Å². The van der Waals surface area contributed by atoms with Crippen LogP contribution in [0.5, 0.6) is 5.75 Å². The van der Waals surface area contributed by atoms with Crippen molar-refractivity contribution in [1.29, 1.82) is 0 Å². The van der Waals surface area contributed by atoms with Gasteiger partial charge in [0.25, 0.3) is 0 Å². The average molecular weight is 519 g/mol. The van der Waals surface area contributed by atoms with Gasteiger partial charge in [-0.25, -0.2) is 9.98 Å². The Morgan fingerprint density at radius 2 is 2.11 bits per heavy atom. The molecule has 2 aromatic rings. The number of guanidine groups is 1. The molecule has 156 valence electrons. The van der Waals surface area contributed by atoms with E-state index in [1.54, 1.807) is 18.4 Å². The van der Waals surface area contributed by atoms with Crippen molar-refractivity contribution in [2.45, 2.75) is 19.9 Å². The Morgan fingerprint density at radius 3 is 2.79 bits per heavy atom. The lowest BCUT2D eigenvalue weighted by Gasteiger charge is -2.12. The fourth-order valence-electron chi connectivity index (χ4n) is 2.24. The second kappa shape index (κ2) is 13.6. The van der Waals surface area contributed by atoms with Gasteiger partial charge in [0.1, 0.15) is 5.75 Å². The number of thiazole rings is 1. The van der Waals surface area contributed by atoms with Gasteiger partial charge in [-0.1, -0.05) is 6.07 Å². The van der Waals surface area contributed by atoms with Crippen LogP contribution < -0.4 is 20.3 Å². The number of anilines is 2. The summed E-state index contributed by atoms with van der Waals surface area (Å²) in [6, 6.07) is 7.86. The number of rotatable bonds is 10. The Kier molecular flexibility index (Phi) is 11.8. The van der Waals surface area contributed by atoms with Crippen LogP contribution in [-0.4, -0.2) is 51.9 Å². The van der Waals surface area contributed by atoms with E-state index in [2.05, 4.69) is 20.6 Å². The average Bonchev–Trinajstić information content (AvgIpc) is 3.13. The van der Waals surface area contributed by atoms with Crippen molar-refractivity contribution in [3.63, 3.8) is 0 Å². The maximum atomic E-state index is 5.75. The van der Waals surface area contributed by atoms with Gasteiger partial charge >= 0.3 is 0 Å². The molecule has 1 aromatic heterocycles. The third-order valence-corrected chi connectivity index (χ3v) is 4.58. The Morgan fingerprint density at radius 1 is 1.29 bits per heavy atom. The van der Waals surface area contributed by atoms with Crippen LogP contribution in [0.1, 0.15) is 19.0 Å². The maximum absolute atomic E-state index is 5.75. The second-order valence-electron chi connectivity index (χ2n) is 6.06. The first-order chi connectivity index (χ1) is 13.1. The Hall–Kier alpha value is -1.59. The van der Waals surface area contributed by atoms with Gasteiger partial charge in [-0.15, -0.1) is 35.3 Å². The standard InChI is InChI=1S/C19H29N5O2S.HI/c1-5-20-18(21-13-16-14-27-19(23-16)24(2)3)22-15-8-6-9-17(12-15)26-11-7-10-25-4;/h6,8-9,12,14H,5,7,10-11,13H2,1-4H3,(H2,20,21,22);1H. The summed E-state index contributed by atoms with van der Waals surface area (Å²) in [5.41, 5.74) is 1.88. The van der Waals surface area contributed by atoms with Crippen LogP contribution in [0.3, 0.4) is 0 Å². The van der Waals surface area contributed by atoms with E-state index in [1.165, 1.54) is 0 Å². The zero-order valence-corrected chi connectivity index (χ0v) is 20.0. The highest BCUT2D eigenvalue weighted by atomic mass is 127. The smallest absolute Gasteiger partial charge is 0.196 e. The molecular formula is C19H30IN5O2S. The van der Waals surface area contributed by atoms with E-state index in [9.17, 15) is 0 Å². The molecule has 2 N–H and O–H groups in total. The fraction of sp³-hybridized carbons (Fsp3) is 0.474. The molecule has 0 saturated carbocycles. The van der Waals surface area contributed by atoms with E-state index >= 15 is 0 Å². The van der Waals surface area contributed by atoms with Gasteiger partial charge in [0.2, 0.25) is 0 Å². The first-order valence-electron chi connectivity index (χ1n) is 9.01. The highest BCUT2D eigenvalue weighted by molar-refractivity contribution is 14.0. The van der Waals surface area contributed by atoms with Gasteiger partial charge in [0, 0.05) is 57.9 Å². The molecule has 0 amide bonds. The largest absolute Gasteiger partial charge is 0.493 e. The van der Waals surface area contributed by atoms with Crippen LogP contribution in [0.2, 0.25) is 0 Å². The summed E-state index contributed by atoms with van der Waals surface area (Å²) in [4.78, 5) is 11.2. The first kappa shape index (κ1) is 24.4.